The fourth-order valence-corrected chi connectivity index (χ4v) is 1.33. The zero-order valence-corrected chi connectivity index (χ0v) is 8.76. The van der Waals surface area contributed by atoms with Crippen LogP contribution in [-0.4, -0.2) is 15.5 Å². The number of rotatable bonds is 2. The zero-order chi connectivity index (χ0) is 11.2. The SMILES string of the molecule is CC(C)(C)N1O[C@@H]1c1ccc([N+](=O)[O-])o1. The molecule has 1 fully saturated rings. The topological polar surface area (TPSA) is 71.8 Å². The molecule has 2 rings (SSSR count). The van der Waals surface area contributed by atoms with Gasteiger partial charge in [0.15, 0.2) is 5.76 Å². The highest BCUT2D eigenvalue weighted by Gasteiger charge is 2.48. The molecule has 82 valence electrons. The number of hydroxylamine groups is 2. The second kappa shape index (κ2) is 3.04. The first-order valence-corrected chi connectivity index (χ1v) is 4.60. The van der Waals surface area contributed by atoms with Crippen molar-refractivity contribution in [3.8, 4) is 0 Å². The molecule has 1 unspecified atom stereocenters. The van der Waals surface area contributed by atoms with Gasteiger partial charge in [0.25, 0.3) is 0 Å². The van der Waals surface area contributed by atoms with Gasteiger partial charge in [-0.15, -0.1) is 5.06 Å². The van der Waals surface area contributed by atoms with Crippen LogP contribution in [0.25, 0.3) is 0 Å². The van der Waals surface area contributed by atoms with Crippen molar-refractivity contribution >= 4 is 5.88 Å². The first-order chi connectivity index (χ1) is 6.89. The van der Waals surface area contributed by atoms with Crippen LogP contribution in [0.3, 0.4) is 0 Å². The lowest BCUT2D eigenvalue weighted by atomic mass is 10.1. The maximum atomic E-state index is 10.4. The Balaban J connectivity index is 2.10. The van der Waals surface area contributed by atoms with Gasteiger partial charge in [-0.1, -0.05) is 0 Å². The van der Waals surface area contributed by atoms with Gasteiger partial charge in [-0.05, 0) is 26.8 Å². The molecule has 1 aromatic heterocycles. The van der Waals surface area contributed by atoms with Crippen LogP contribution in [0.15, 0.2) is 16.5 Å². The smallest absolute Gasteiger partial charge is 0.401 e. The fourth-order valence-electron chi connectivity index (χ4n) is 1.33. The minimum Gasteiger partial charge on any atom is -0.401 e. The Bertz CT molecular complexity index is 393. The van der Waals surface area contributed by atoms with Crippen LogP contribution in [0, 0.1) is 10.1 Å². The number of nitrogens with zero attached hydrogens (tertiary/aromatic N) is 2. The quantitative estimate of drug-likeness (QED) is 0.427. The predicted molar refractivity (Wildman–Crippen MR) is 50.8 cm³/mol. The van der Waals surface area contributed by atoms with Crippen molar-refractivity contribution in [3.05, 3.63) is 28.0 Å². The van der Waals surface area contributed by atoms with Crippen LogP contribution < -0.4 is 0 Å². The van der Waals surface area contributed by atoms with Gasteiger partial charge in [0.05, 0.1) is 6.07 Å². The molecule has 0 saturated carbocycles. The molecule has 0 radical (unpaired) electrons. The van der Waals surface area contributed by atoms with Gasteiger partial charge < -0.3 is 4.42 Å². The van der Waals surface area contributed by atoms with Crippen molar-refractivity contribution in [3.63, 3.8) is 0 Å². The first kappa shape index (κ1) is 10.1. The minimum atomic E-state index is -0.562. The lowest BCUT2D eigenvalue weighted by molar-refractivity contribution is -0.402. The molecule has 2 heterocycles. The van der Waals surface area contributed by atoms with Crippen LogP contribution in [0.2, 0.25) is 0 Å². The van der Waals surface area contributed by atoms with Crippen molar-refractivity contribution in [2.24, 2.45) is 0 Å². The molecule has 0 aromatic carbocycles. The third kappa shape index (κ3) is 1.86. The summed E-state index contributed by atoms with van der Waals surface area (Å²) in [5, 5.41) is 12.1. The largest absolute Gasteiger partial charge is 0.433 e. The van der Waals surface area contributed by atoms with Crippen molar-refractivity contribution in [1.29, 1.82) is 0 Å². The highest BCUT2D eigenvalue weighted by Crippen LogP contribution is 2.44. The summed E-state index contributed by atoms with van der Waals surface area (Å²) in [7, 11) is 0. The Morgan fingerprint density at radius 1 is 1.47 bits per heavy atom. The van der Waals surface area contributed by atoms with Crippen molar-refractivity contribution in [2.45, 2.75) is 32.5 Å². The van der Waals surface area contributed by atoms with Crippen LogP contribution >= 0.6 is 0 Å². The van der Waals surface area contributed by atoms with Gasteiger partial charge in [-0.2, -0.15) is 0 Å². The van der Waals surface area contributed by atoms with Crippen LogP contribution in [0.1, 0.15) is 32.8 Å². The second-order valence-electron chi connectivity index (χ2n) is 4.39. The highest BCUT2D eigenvalue weighted by atomic mass is 16.8. The van der Waals surface area contributed by atoms with E-state index in [-0.39, 0.29) is 17.7 Å². The standard InChI is InChI=1S/C9H12N2O4/c1-9(2,3)10-8(15-10)6-4-5-7(14-6)11(12)13/h4-5,8H,1-3H3/t8-,10?/m1/s1. The third-order valence-corrected chi connectivity index (χ3v) is 2.08. The third-order valence-electron chi connectivity index (χ3n) is 2.08. The molecule has 1 saturated heterocycles. The van der Waals surface area contributed by atoms with Crippen LogP contribution in [-0.2, 0) is 4.84 Å². The number of hydrogen-bond acceptors (Lipinski definition) is 5. The molecular formula is C9H12N2O4. The lowest BCUT2D eigenvalue weighted by Gasteiger charge is -2.15. The Morgan fingerprint density at radius 3 is 2.53 bits per heavy atom. The summed E-state index contributed by atoms with van der Waals surface area (Å²) in [5.41, 5.74) is -0.133. The summed E-state index contributed by atoms with van der Waals surface area (Å²) in [6.45, 7) is 5.97. The Hall–Kier alpha value is -1.40. The van der Waals surface area contributed by atoms with Gasteiger partial charge in [0.1, 0.15) is 4.92 Å². The monoisotopic (exact) mass is 212 g/mol. The van der Waals surface area contributed by atoms with E-state index in [4.69, 9.17) is 9.25 Å². The molecule has 0 N–H and O–H groups in total. The molecule has 0 amide bonds. The predicted octanol–water partition coefficient (Wildman–Crippen LogP) is 2.23. The fraction of sp³-hybridized carbons (Fsp3) is 0.556. The molecule has 2 atom stereocenters. The molecule has 0 spiro atoms. The minimum absolute atomic E-state index is 0.133. The van der Waals surface area contributed by atoms with E-state index in [1.807, 2.05) is 20.8 Å². The van der Waals surface area contributed by atoms with Gasteiger partial charge >= 0.3 is 5.88 Å². The average molecular weight is 212 g/mol. The summed E-state index contributed by atoms with van der Waals surface area (Å²) in [4.78, 5) is 15.1. The zero-order valence-electron chi connectivity index (χ0n) is 8.76. The normalized spacial score (nSPS) is 25.3. The molecule has 1 aliphatic rings. The average Bonchev–Trinajstić information content (AvgIpc) is 2.76. The highest BCUT2D eigenvalue weighted by molar-refractivity contribution is 5.20. The molecule has 0 bridgehead atoms. The van der Waals surface area contributed by atoms with Gasteiger partial charge in [-0.3, -0.25) is 15.0 Å². The van der Waals surface area contributed by atoms with Gasteiger partial charge in [-0.25, -0.2) is 0 Å². The maximum absolute atomic E-state index is 10.4. The Labute approximate surface area is 86.5 Å². The lowest BCUT2D eigenvalue weighted by Crippen LogP contribution is -2.25. The summed E-state index contributed by atoms with van der Waals surface area (Å²) >= 11 is 0. The molecule has 6 heteroatoms. The Morgan fingerprint density at radius 2 is 2.13 bits per heavy atom. The molecule has 0 aliphatic carbocycles. The van der Waals surface area contributed by atoms with Crippen molar-refractivity contribution in [1.82, 2.24) is 5.06 Å². The van der Waals surface area contributed by atoms with E-state index in [0.717, 1.165) is 0 Å². The molecule has 15 heavy (non-hydrogen) atoms. The summed E-state index contributed by atoms with van der Waals surface area (Å²) in [6.07, 6.45) is -0.293. The molecule has 6 nitrogen and oxygen atoms in total. The Kier molecular flexibility index (Phi) is 2.06. The summed E-state index contributed by atoms with van der Waals surface area (Å²) in [5.74, 6) is 0.214. The summed E-state index contributed by atoms with van der Waals surface area (Å²) < 4.78 is 5.03. The maximum Gasteiger partial charge on any atom is 0.433 e. The van der Waals surface area contributed by atoms with E-state index in [2.05, 4.69) is 0 Å². The molecule has 1 aliphatic heterocycles. The second-order valence-corrected chi connectivity index (χ2v) is 4.39. The molecular weight excluding hydrogens is 200 g/mol. The van der Waals surface area contributed by atoms with Crippen molar-refractivity contribution in [2.75, 3.05) is 0 Å². The summed E-state index contributed by atoms with van der Waals surface area (Å²) in [6, 6.07) is 2.90. The van der Waals surface area contributed by atoms with Gasteiger partial charge in [0.2, 0.25) is 6.23 Å². The van der Waals surface area contributed by atoms with E-state index in [1.165, 1.54) is 6.07 Å². The number of nitro groups is 1. The first-order valence-electron chi connectivity index (χ1n) is 4.60. The van der Waals surface area contributed by atoms with Gasteiger partial charge in [0, 0.05) is 5.54 Å². The van der Waals surface area contributed by atoms with Crippen molar-refractivity contribution < 1.29 is 14.2 Å². The molecule has 1 aromatic rings. The van der Waals surface area contributed by atoms with Crippen LogP contribution in [0.4, 0.5) is 5.88 Å². The number of hydrogen-bond donors (Lipinski definition) is 0. The van der Waals surface area contributed by atoms with Crippen LogP contribution in [0.5, 0.6) is 0 Å². The van der Waals surface area contributed by atoms with E-state index >= 15 is 0 Å². The van der Waals surface area contributed by atoms with E-state index in [9.17, 15) is 10.1 Å². The van der Waals surface area contributed by atoms with E-state index in [1.54, 1.807) is 11.1 Å². The van der Waals surface area contributed by atoms with E-state index < -0.39 is 4.92 Å². The number of furan rings is 1. The van der Waals surface area contributed by atoms with E-state index in [0.29, 0.717) is 5.76 Å².